The lowest BCUT2D eigenvalue weighted by Gasteiger charge is -2.19. The van der Waals surface area contributed by atoms with Gasteiger partial charge in [-0.25, -0.2) is 4.98 Å². The van der Waals surface area contributed by atoms with Crippen LogP contribution in [-0.4, -0.2) is 18.6 Å². The topological polar surface area (TPSA) is 42.1 Å². The number of hydrogen-bond acceptors (Lipinski definition) is 4. The van der Waals surface area contributed by atoms with E-state index in [-0.39, 0.29) is 0 Å². The Morgan fingerprint density at radius 3 is 2.84 bits per heavy atom. The Labute approximate surface area is 119 Å². The number of aromatic nitrogens is 1. The maximum Gasteiger partial charge on any atom is 0.128 e. The zero-order chi connectivity index (χ0) is 13.7. The first kappa shape index (κ1) is 14.0. The van der Waals surface area contributed by atoms with Crippen LogP contribution in [0.25, 0.3) is 0 Å². The average molecular weight is 275 g/mol. The molecule has 0 aliphatic heterocycles. The molecular weight excluding hydrogens is 254 g/mol. The van der Waals surface area contributed by atoms with E-state index in [0.29, 0.717) is 6.54 Å². The fraction of sp³-hybridized carbons (Fsp3) is 0.400. The molecule has 0 aliphatic carbocycles. The Morgan fingerprint density at radius 1 is 1.37 bits per heavy atom. The molecule has 4 heteroatoms. The quantitative estimate of drug-likeness (QED) is 0.881. The fourth-order valence-electron chi connectivity index (χ4n) is 1.97. The van der Waals surface area contributed by atoms with Crippen molar-refractivity contribution in [3.63, 3.8) is 0 Å². The predicted octanol–water partition coefficient (Wildman–Crippen LogP) is 2.84. The Morgan fingerprint density at radius 2 is 2.21 bits per heavy atom. The lowest BCUT2D eigenvalue weighted by molar-refractivity contribution is 0.854. The van der Waals surface area contributed by atoms with Gasteiger partial charge in [0.15, 0.2) is 0 Å². The molecule has 0 fully saturated rings. The van der Waals surface area contributed by atoms with Crippen LogP contribution in [-0.2, 0) is 19.4 Å². The van der Waals surface area contributed by atoms with Crippen molar-refractivity contribution in [3.05, 3.63) is 45.8 Å². The van der Waals surface area contributed by atoms with Gasteiger partial charge in [-0.2, -0.15) is 0 Å². The van der Waals surface area contributed by atoms with Gasteiger partial charge in [0.1, 0.15) is 5.82 Å². The molecule has 0 spiro atoms. The molecular formula is C15H21N3S. The van der Waals surface area contributed by atoms with Crippen molar-refractivity contribution in [1.29, 1.82) is 0 Å². The number of rotatable bonds is 6. The monoisotopic (exact) mass is 275 g/mol. The summed E-state index contributed by atoms with van der Waals surface area (Å²) in [6.07, 6.45) is 2.00. The lowest BCUT2D eigenvalue weighted by atomic mass is 10.2. The number of anilines is 1. The van der Waals surface area contributed by atoms with Crippen molar-refractivity contribution in [2.75, 3.05) is 18.5 Å². The minimum Gasteiger partial charge on any atom is -0.359 e. The van der Waals surface area contributed by atoms with Crippen LogP contribution in [0.5, 0.6) is 0 Å². The maximum atomic E-state index is 5.75. The van der Waals surface area contributed by atoms with Gasteiger partial charge in [-0.3, -0.25) is 0 Å². The van der Waals surface area contributed by atoms with Crippen molar-refractivity contribution in [2.45, 2.75) is 26.3 Å². The van der Waals surface area contributed by atoms with Gasteiger partial charge in [0, 0.05) is 30.7 Å². The van der Waals surface area contributed by atoms with Crippen LogP contribution >= 0.6 is 11.3 Å². The van der Waals surface area contributed by atoms with E-state index in [0.717, 1.165) is 36.5 Å². The molecule has 0 aliphatic rings. The number of thiophene rings is 1. The number of pyridine rings is 1. The van der Waals surface area contributed by atoms with Crippen molar-refractivity contribution in [2.24, 2.45) is 5.73 Å². The minimum absolute atomic E-state index is 0.571. The zero-order valence-electron chi connectivity index (χ0n) is 11.6. The number of nitrogens with zero attached hydrogens (tertiary/aromatic N) is 2. The summed E-state index contributed by atoms with van der Waals surface area (Å²) in [7, 11) is 2.09. The minimum atomic E-state index is 0.571. The van der Waals surface area contributed by atoms with Gasteiger partial charge in [0.05, 0.1) is 0 Å². The third-order valence-electron chi connectivity index (χ3n) is 3.19. The lowest BCUT2D eigenvalue weighted by Crippen LogP contribution is -2.22. The third kappa shape index (κ3) is 3.78. The smallest absolute Gasteiger partial charge is 0.128 e. The third-order valence-corrected chi connectivity index (χ3v) is 4.12. The average Bonchev–Trinajstić information content (AvgIpc) is 2.97. The van der Waals surface area contributed by atoms with Gasteiger partial charge >= 0.3 is 0 Å². The molecule has 2 rings (SSSR count). The highest BCUT2D eigenvalue weighted by Crippen LogP contribution is 2.16. The second-order valence-electron chi connectivity index (χ2n) is 4.63. The Balaban J connectivity index is 2.07. The van der Waals surface area contributed by atoms with Gasteiger partial charge in [-0.1, -0.05) is 13.0 Å². The Hall–Kier alpha value is -1.39. The summed E-state index contributed by atoms with van der Waals surface area (Å²) in [6, 6.07) is 8.46. The maximum absolute atomic E-state index is 5.75. The van der Waals surface area contributed by atoms with Crippen molar-refractivity contribution in [3.8, 4) is 0 Å². The van der Waals surface area contributed by atoms with Crippen LogP contribution in [0.15, 0.2) is 29.6 Å². The molecule has 2 N–H and O–H groups in total. The van der Waals surface area contributed by atoms with Gasteiger partial charge in [-0.15, -0.1) is 11.3 Å². The second kappa shape index (κ2) is 6.68. The highest BCUT2D eigenvalue weighted by molar-refractivity contribution is 7.09. The molecule has 2 aromatic rings. The fourth-order valence-corrected chi connectivity index (χ4v) is 2.67. The molecule has 2 heterocycles. The summed E-state index contributed by atoms with van der Waals surface area (Å²) in [5, 5.41) is 2.12. The molecule has 0 aromatic carbocycles. The van der Waals surface area contributed by atoms with Crippen LogP contribution in [0.1, 0.15) is 23.1 Å². The first-order valence-electron chi connectivity index (χ1n) is 6.66. The van der Waals surface area contributed by atoms with Gasteiger partial charge in [-0.05, 0) is 42.0 Å². The van der Waals surface area contributed by atoms with Gasteiger partial charge in [0.25, 0.3) is 0 Å². The van der Waals surface area contributed by atoms with Gasteiger partial charge < -0.3 is 10.6 Å². The molecule has 0 bridgehead atoms. The molecule has 0 saturated carbocycles. The zero-order valence-corrected chi connectivity index (χ0v) is 12.4. The van der Waals surface area contributed by atoms with E-state index in [9.17, 15) is 0 Å². The SMILES string of the molecule is CCc1cc(CN)cc(N(C)CCc2cccs2)n1. The van der Waals surface area contributed by atoms with Crippen LogP contribution in [0.4, 0.5) is 5.82 Å². The van der Waals surface area contributed by atoms with E-state index in [1.54, 1.807) is 0 Å². The molecule has 19 heavy (non-hydrogen) atoms. The molecule has 0 unspecified atom stereocenters. The number of aryl methyl sites for hydroxylation is 1. The van der Waals surface area contributed by atoms with Crippen LogP contribution in [0.2, 0.25) is 0 Å². The first-order chi connectivity index (χ1) is 9.22. The van der Waals surface area contributed by atoms with E-state index in [2.05, 4.69) is 53.5 Å². The predicted molar refractivity (Wildman–Crippen MR) is 82.8 cm³/mol. The molecule has 0 amide bonds. The van der Waals surface area contributed by atoms with Crippen molar-refractivity contribution in [1.82, 2.24) is 4.98 Å². The molecule has 0 radical (unpaired) electrons. The van der Waals surface area contributed by atoms with E-state index < -0.39 is 0 Å². The van der Waals surface area contributed by atoms with E-state index >= 15 is 0 Å². The van der Waals surface area contributed by atoms with Gasteiger partial charge in [0.2, 0.25) is 0 Å². The van der Waals surface area contributed by atoms with Crippen LogP contribution < -0.4 is 10.6 Å². The summed E-state index contributed by atoms with van der Waals surface area (Å²) in [4.78, 5) is 8.29. The highest BCUT2D eigenvalue weighted by Gasteiger charge is 2.06. The number of nitrogens with two attached hydrogens (primary N) is 1. The first-order valence-corrected chi connectivity index (χ1v) is 7.54. The summed E-state index contributed by atoms with van der Waals surface area (Å²) >= 11 is 1.81. The van der Waals surface area contributed by atoms with E-state index in [1.165, 1.54) is 4.88 Å². The molecule has 3 nitrogen and oxygen atoms in total. The number of likely N-dealkylation sites (N-methyl/N-ethyl adjacent to an activating group) is 1. The molecule has 0 atom stereocenters. The molecule has 0 saturated heterocycles. The number of hydrogen-bond donors (Lipinski definition) is 1. The normalized spacial score (nSPS) is 10.7. The van der Waals surface area contributed by atoms with E-state index in [4.69, 9.17) is 5.73 Å². The van der Waals surface area contributed by atoms with Crippen LogP contribution in [0.3, 0.4) is 0 Å². The Kier molecular flexibility index (Phi) is 4.93. The summed E-state index contributed by atoms with van der Waals surface area (Å²) in [5.74, 6) is 1.02. The molecule has 2 aromatic heterocycles. The summed E-state index contributed by atoms with van der Waals surface area (Å²) < 4.78 is 0. The summed E-state index contributed by atoms with van der Waals surface area (Å²) in [5.41, 5.74) is 8.02. The Bertz CT molecular complexity index is 486. The standard InChI is InChI=1S/C15H21N3S/c1-3-13-9-12(11-16)10-15(17-13)18(2)7-6-14-5-4-8-19-14/h4-5,8-10H,3,6-7,11,16H2,1-2H3. The highest BCUT2D eigenvalue weighted by atomic mass is 32.1. The van der Waals surface area contributed by atoms with Crippen molar-refractivity contribution >= 4 is 17.2 Å². The second-order valence-corrected chi connectivity index (χ2v) is 5.67. The largest absolute Gasteiger partial charge is 0.359 e. The summed E-state index contributed by atoms with van der Waals surface area (Å²) in [6.45, 7) is 3.67. The van der Waals surface area contributed by atoms with Crippen LogP contribution in [0, 0.1) is 0 Å². The van der Waals surface area contributed by atoms with E-state index in [1.807, 2.05) is 11.3 Å². The van der Waals surface area contributed by atoms with Crippen molar-refractivity contribution < 1.29 is 0 Å². The molecule has 102 valence electrons.